The van der Waals surface area contributed by atoms with Gasteiger partial charge in [-0.3, -0.25) is 0 Å². The molecule has 0 unspecified atom stereocenters. The van der Waals surface area contributed by atoms with Crippen molar-refractivity contribution in [3.63, 3.8) is 0 Å². The van der Waals surface area contributed by atoms with Gasteiger partial charge >= 0.3 is 0 Å². The second-order valence-electron chi connectivity index (χ2n) is 5.98. The van der Waals surface area contributed by atoms with Crippen LogP contribution in [-0.2, 0) is 4.74 Å². The van der Waals surface area contributed by atoms with Gasteiger partial charge in [0.05, 0.1) is 6.10 Å². The Bertz CT molecular complexity index is 342. The summed E-state index contributed by atoms with van der Waals surface area (Å²) in [5.74, 6) is 1.41. The maximum absolute atomic E-state index is 5.92. The molecule has 20 heavy (non-hydrogen) atoms. The predicted molar refractivity (Wildman–Crippen MR) is 88.9 cm³/mol. The van der Waals surface area contributed by atoms with Crippen LogP contribution in [0.15, 0.2) is 23.8 Å². The molecule has 0 fully saturated rings. The van der Waals surface area contributed by atoms with Crippen molar-refractivity contribution < 1.29 is 4.74 Å². The van der Waals surface area contributed by atoms with E-state index in [0.717, 1.165) is 5.92 Å². The molecule has 0 aromatic carbocycles. The summed E-state index contributed by atoms with van der Waals surface area (Å²) in [6, 6.07) is 0. The summed E-state index contributed by atoms with van der Waals surface area (Å²) in [6.45, 7) is 11.0. The van der Waals surface area contributed by atoms with Crippen LogP contribution in [0.4, 0.5) is 0 Å². The minimum Gasteiger partial charge on any atom is -0.381 e. The average molecular weight is 278 g/mol. The molecule has 0 amide bonds. The Labute approximate surface area is 126 Å². The number of hydrogen-bond acceptors (Lipinski definition) is 1. The Hall–Kier alpha value is -0.560. The van der Waals surface area contributed by atoms with Gasteiger partial charge in [0.2, 0.25) is 0 Å². The van der Waals surface area contributed by atoms with Crippen LogP contribution in [0.5, 0.6) is 0 Å². The van der Waals surface area contributed by atoms with Crippen LogP contribution < -0.4 is 0 Å². The summed E-state index contributed by atoms with van der Waals surface area (Å²) in [5.41, 5.74) is 1.84. The van der Waals surface area contributed by atoms with Gasteiger partial charge in [0, 0.05) is 12.5 Å². The molecule has 0 spiro atoms. The highest BCUT2D eigenvalue weighted by Crippen LogP contribution is 2.55. The topological polar surface area (TPSA) is 9.23 Å². The molecule has 1 heteroatoms. The van der Waals surface area contributed by atoms with Crippen molar-refractivity contribution in [3.05, 3.63) is 23.8 Å². The highest BCUT2D eigenvalue weighted by molar-refractivity contribution is 5.36. The van der Waals surface area contributed by atoms with Crippen molar-refractivity contribution >= 4 is 0 Å². The van der Waals surface area contributed by atoms with Gasteiger partial charge in [-0.1, -0.05) is 65.7 Å². The van der Waals surface area contributed by atoms with E-state index < -0.39 is 0 Å². The Balaban J connectivity index is 0.000000956. The molecule has 0 N–H and O–H groups in total. The van der Waals surface area contributed by atoms with Crippen LogP contribution in [0.25, 0.3) is 0 Å². The molecule has 0 bridgehead atoms. The monoisotopic (exact) mass is 278 g/mol. The van der Waals surface area contributed by atoms with Gasteiger partial charge in [-0.25, -0.2) is 0 Å². The van der Waals surface area contributed by atoms with E-state index in [1.54, 1.807) is 5.57 Å². The number of fused-ring (bicyclic) bond motifs is 1. The summed E-state index contributed by atoms with van der Waals surface area (Å²) >= 11 is 0. The third-order valence-electron chi connectivity index (χ3n) is 5.17. The second-order valence-corrected chi connectivity index (χ2v) is 5.98. The molecule has 2 rings (SSSR count). The Morgan fingerprint density at radius 1 is 1.30 bits per heavy atom. The SMILES string of the molecule is CC.CCC[C@@]12C(=CCC[C@@H]1OC)C=C[C@H](C)[C@@H]2CC. The fraction of sp³-hybridized carbons (Fsp3) is 0.789. The fourth-order valence-electron chi connectivity index (χ4n) is 4.53. The van der Waals surface area contributed by atoms with Crippen LogP contribution in [0.2, 0.25) is 0 Å². The third-order valence-corrected chi connectivity index (χ3v) is 5.17. The van der Waals surface area contributed by atoms with Crippen molar-refractivity contribution in [2.75, 3.05) is 7.11 Å². The minimum atomic E-state index is 0.282. The van der Waals surface area contributed by atoms with Crippen molar-refractivity contribution in [3.8, 4) is 0 Å². The number of methoxy groups -OCH3 is 1. The van der Waals surface area contributed by atoms with Gasteiger partial charge in [0.1, 0.15) is 0 Å². The van der Waals surface area contributed by atoms with E-state index >= 15 is 0 Å². The van der Waals surface area contributed by atoms with E-state index in [0.29, 0.717) is 12.0 Å². The summed E-state index contributed by atoms with van der Waals surface area (Å²) in [4.78, 5) is 0. The molecule has 1 nitrogen and oxygen atoms in total. The zero-order chi connectivity index (χ0) is 15.2. The molecule has 0 saturated heterocycles. The van der Waals surface area contributed by atoms with E-state index in [9.17, 15) is 0 Å². The first-order valence-corrected chi connectivity index (χ1v) is 8.62. The molecule has 0 radical (unpaired) electrons. The highest BCUT2D eigenvalue weighted by atomic mass is 16.5. The summed E-state index contributed by atoms with van der Waals surface area (Å²) in [6.07, 6.45) is 13.8. The van der Waals surface area contributed by atoms with Gasteiger partial charge in [-0.2, -0.15) is 0 Å². The van der Waals surface area contributed by atoms with Crippen molar-refractivity contribution in [1.82, 2.24) is 0 Å². The Morgan fingerprint density at radius 3 is 2.55 bits per heavy atom. The quantitative estimate of drug-likeness (QED) is 0.634. The van der Waals surface area contributed by atoms with E-state index in [-0.39, 0.29) is 5.41 Å². The first kappa shape index (κ1) is 17.5. The van der Waals surface area contributed by atoms with E-state index in [1.807, 2.05) is 21.0 Å². The zero-order valence-electron chi connectivity index (χ0n) is 14.4. The van der Waals surface area contributed by atoms with Crippen LogP contribution in [0.1, 0.15) is 66.7 Å². The molecule has 0 aliphatic heterocycles. The van der Waals surface area contributed by atoms with Gasteiger partial charge in [-0.15, -0.1) is 0 Å². The maximum Gasteiger partial charge on any atom is 0.0673 e. The molecule has 0 aromatic heterocycles. The molecule has 2 aliphatic rings. The number of rotatable bonds is 4. The van der Waals surface area contributed by atoms with Crippen molar-refractivity contribution in [1.29, 1.82) is 0 Å². The molecule has 116 valence electrons. The molecule has 0 aromatic rings. The van der Waals surface area contributed by atoms with Gasteiger partial charge in [0.15, 0.2) is 0 Å². The molecule has 2 aliphatic carbocycles. The van der Waals surface area contributed by atoms with Crippen LogP contribution in [-0.4, -0.2) is 13.2 Å². The maximum atomic E-state index is 5.92. The summed E-state index contributed by atoms with van der Waals surface area (Å²) < 4.78 is 5.92. The smallest absolute Gasteiger partial charge is 0.0673 e. The second kappa shape index (κ2) is 8.02. The summed E-state index contributed by atoms with van der Waals surface area (Å²) in [7, 11) is 1.90. The lowest BCUT2D eigenvalue weighted by Crippen LogP contribution is -2.49. The Morgan fingerprint density at radius 2 is 2.00 bits per heavy atom. The van der Waals surface area contributed by atoms with Gasteiger partial charge in [-0.05, 0) is 36.7 Å². The lowest BCUT2D eigenvalue weighted by molar-refractivity contribution is -0.0525. The normalized spacial score (nSPS) is 35.7. The van der Waals surface area contributed by atoms with E-state index in [4.69, 9.17) is 4.74 Å². The van der Waals surface area contributed by atoms with Crippen LogP contribution in [0.3, 0.4) is 0 Å². The van der Waals surface area contributed by atoms with Crippen molar-refractivity contribution in [2.24, 2.45) is 17.3 Å². The largest absolute Gasteiger partial charge is 0.381 e. The molecule has 0 heterocycles. The third kappa shape index (κ3) is 2.88. The molecule has 4 atom stereocenters. The number of hydrogen-bond donors (Lipinski definition) is 0. The average Bonchev–Trinajstić information content (AvgIpc) is 2.49. The first-order valence-electron chi connectivity index (χ1n) is 8.62. The fourth-order valence-corrected chi connectivity index (χ4v) is 4.53. The lowest BCUT2D eigenvalue weighted by Gasteiger charge is -2.52. The van der Waals surface area contributed by atoms with Crippen molar-refractivity contribution in [2.45, 2.75) is 72.8 Å². The highest BCUT2D eigenvalue weighted by Gasteiger charge is 2.50. The lowest BCUT2D eigenvalue weighted by atomic mass is 9.54. The predicted octanol–water partition coefficient (Wildman–Crippen LogP) is 5.77. The van der Waals surface area contributed by atoms with E-state index in [1.165, 1.54) is 32.1 Å². The summed E-state index contributed by atoms with van der Waals surface area (Å²) in [5, 5.41) is 0. The van der Waals surface area contributed by atoms with E-state index in [2.05, 4.69) is 39.0 Å². The van der Waals surface area contributed by atoms with Gasteiger partial charge in [0.25, 0.3) is 0 Å². The zero-order valence-corrected chi connectivity index (χ0v) is 14.4. The standard InChI is InChI=1S/C17H28O.C2H6/c1-5-12-17-14(8-7-9-16(17)18-4)11-10-13(3)15(17)6-2;1-2/h8,10-11,13,15-16H,5-7,9,12H2,1-4H3;1-2H3/t13-,15-,16-,17-;/m0./s1. The van der Waals surface area contributed by atoms with Crippen LogP contribution in [0, 0.1) is 17.3 Å². The number of ether oxygens (including phenoxy) is 1. The molecular weight excluding hydrogens is 244 g/mol. The molecule has 0 saturated carbocycles. The number of allylic oxidation sites excluding steroid dienone is 3. The van der Waals surface area contributed by atoms with Crippen LogP contribution >= 0.6 is 0 Å². The Kier molecular flexibility index (Phi) is 7.02. The minimum absolute atomic E-state index is 0.282. The van der Waals surface area contributed by atoms with Gasteiger partial charge < -0.3 is 4.74 Å². The molecular formula is C19H34O. The first-order chi connectivity index (χ1) is 9.70.